The van der Waals surface area contributed by atoms with Gasteiger partial charge in [0, 0.05) is 0 Å². The number of nitrogens with one attached hydrogen (secondary N) is 1. The summed E-state index contributed by atoms with van der Waals surface area (Å²) in [6.07, 6.45) is 5.17. The van der Waals surface area contributed by atoms with Crippen molar-refractivity contribution in [3.05, 3.63) is 29.0 Å². The lowest BCUT2D eigenvalue weighted by Gasteiger charge is -2.42. The third-order valence-electron chi connectivity index (χ3n) is 3.69. The number of ether oxygens (including phenoxy) is 1. The Morgan fingerprint density at radius 3 is 2.79 bits per heavy atom. The van der Waals surface area contributed by atoms with E-state index in [0.29, 0.717) is 0 Å². The molecule has 1 aliphatic carbocycles. The molecule has 19 heavy (non-hydrogen) atoms. The van der Waals surface area contributed by atoms with E-state index < -0.39 is 5.82 Å². The van der Waals surface area contributed by atoms with E-state index in [1.807, 2.05) is 0 Å². The van der Waals surface area contributed by atoms with Gasteiger partial charge in [0.15, 0.2) is 11.6 Å². The van der Waals surface area contributed by atoms with E-state index in [4.69, 9.17) is 16.3 Å². The van der Waals surface area contributed by atoms with E-state index in [9.17, 15) is 4.39 Å². The largest absolute Gasteiger partial charge is 0.484 e. The molecule has 2 rings (SSSR count). The molecule has 0 spiro atoms. The van der Waals surface area contributed by atoms with Crippen LogP contribution in [0.5, 0.6) is 5.75 Å². The Kier molecular flexibility index (Phi) is 5.06. The second-order valence-corrected chi connectivity index (χ2v) is 5.60. The molecule has 1 fully saturated rings. The Morgan fingerprint density at radius 1 is 1.37 bits per heavy atom. The summed E-state index contributed by atoms with van der Waals surface area (Å²) in [5.74, 6) is -0.167. The van der Waals surface area contributed by atoms with Crippen molar-refractivity contribution in [2.45, 2.75) is 44.6 Å². The first kappa shape index (κ1) is 14.6. The highest BCUT2D eigenvalue weighted by Crippen LogP contribution is 2.40. The molecule has 0 bridgehead atoms. The lowest BCUT2D eigenvalue weighted by molar-refractivity contribution is -0.0170. The van der Waals surface area contributed by atoms with Crippen LogP contribution >= 0.6 is 11.6 Å². The van der Waals surface area contributed by atoms with Crippen molar-refractivity contribution in [1.82, 2.24) is 5.32 Å². The first-order valence-electron chi connectivity index (χ1n) is 7.01. The molecule has 0 radical (unpaired) electrons. The van der Waals surface area contributed by atoms with Crippen LogP contribution in [0.25, 0.3) is 0 Å². The monoisotopic (exact) mass is 285 g/mol. The van der Waals surface area contributed by atoms with Crippen LogP contribution in [0.4, 0.5) is 4.39 Å². The standard InChI is InChI=1S/C15H21ClFNO/c1-2-10-18-11-9-15(7-4-8-15)19-13-6-3-5-12(16)14(13)17/h3,5-6,18H,2,4,7-11H2,1H3. The third kappa shape index (κ3) is 3.61. The van der Waals surface area contributed by atoms with Gasteiger partial charge in [-0.25, -0.2) is 4.39 Å². The molecule has 106 valence electrons. The third-order valence-corrected chi connectivity index (χ3v) is 3.98. The summed E-state index contributed by atoms with van der Waals surface area (Å²) in [5, 5.41) is 3.49. The summed E-state index contributed by atoms with van der Waals surface area (Å²) in [7, 11) is 0. The predicted molar refractivity (Wildman–Crippen MR) is 76.4 cm³/mol. The number of benzene rings is 1. The molecule has 1 aliphatic rings. The molecule has 0 saturated heterocycles. The SMILES string of the molecule is CCCNCCC1(Oc2cccc(Cl)c2F)CCC1. The van der Waals surface area contributed by atoms with E-state index in [1.165, 1.54) is 0 Å². The minimum atomic E-state index is -0.447. The van der Waals surface area contributed by atoms with Gasteiger partial charge >= 0.3 is 0 Å². The summed E-state index contributed by atoms with van der Waals surface area (Å²) >= 11 is 5.78. The summed E-state index contributed by atoms with van der Waals surface area (Å²) in [5.41, 5.74) is -0.202. The van der Waals surface area contributed by atoms with Gasteiger partial charge in [-0.05, 0) is 57.3 Å². The van der Waals surface area contributed by atoms with E-state index in [-0.39, 0.29) is 16.4 Å². The van der Waals surface area contributed by atoms with Gasteiger partial charge in [-0.15, -0.1) is 0 Å². The lowest BCUT2D eigenvalue weighted by Crippen LogP contribution is -2.45. The molecule has 0 heterocycles. The van der Waals surface area contributed by atoms with Gasteiger partial charge in [-0.1, -0.05) is 24.6 Å². The molecule has 1 N–H and O–H groups in total. The molecule has 1 saturated carbocycles. The Bertz CT molecular complexity index is 421. The van der Waals surface area contributed by atoms with E-state index in [2.05, 4.69) is 12.2 Å². The zero-order chi connectivity index (χ0) is 13.7. The van der Waals surface area contributed by atoms with Crippen LogP contribution < -0.4 is 10.1 Å². The number of hydrogen-bond acceptors (Lipinski definition) is 2. The molecular formula is C15H21ClFNO. The molecule has 0 aliphatic heterocycles. The van der Waals surface area contributed by atoms with Gasteiger partial charge in [-0.3, -0.25) is 0 Å². The zero-order valence-electron chi connectivity index (χ0n) is 11.3. The van der Waals surface area contributed by atoms with Crippen LogP contribution in [0.1, 0.15) is 39.0 Å². The van der Waals surface area contributed by atoms with Crippen molar-refractivity contribution in [3.63, 3.8) is 0 Å². The van der Waals surface area contributed by atoms with E-state index >= 15 is 0 Å². The predicted octanol–water partition coefficient (Wildman–Crippen LogP) is 4.17. The fourth-order valence-corrected chi connectivity index (χ4v) is 2.55. The molecule has 2 nitrogen and oxygen atoms in total. The lowest BCUT2D eigenvalue weighted by atomic mass is 9.77. The van der Waals surface area contributed by atoms with Gasteiger partial charge in [0.05, 0.1) is 5.02 Å². The Labute approximate surface area is 119 Å². The quantitative estimate of drug-likeness (QED) is 0.759. The van der Waals surface area contributed by atoms with Crippen molar-refractivity contribution < 1.29 is 9.13 Å². The van der Waals surface area contributed by atoms with Crippen molar-refractivity contribution in [1.29, 1.82) is 0 Å². The molecule has 1 aromatic rings. The maximum Gasteiger partial charge on any atom is 0.183 e. The smallest absolute Gasteiger partial charge is 0.183 e. The summed E-state index contributed by atoms with van der Waals surface area (Å²) in [4.78, 5) is 0. The minimum Gasteiger partial charge on any atom is -0.484 e. The molecular weight excluding hydrogens is 265 g/mol. The Morgan fingerprint density at radius 2 is 2.16 bits per heavy atom. The van der Waals surface area contributed by atoms with Crippen molar-refractivity contribution in [2.24, 2.45) is 0 Å². The number of halogens is 2. The normalized spacial score (nSPS) is 17.0. The highest BCUT2D eigenvalue weighted by atomic mass is 35.5. The summed E-state index contributed by atoms with van der Waals surface area (Å²) in [6, 6.07) is 4.92. The highest BCUT2D eigenvalue weighted by molar-refractivity contribution is 6.30. The molecule has 0 unspecified atom stereocenters. The average molecular weight is 286 g/mol. The summed E-state index contributed by atoms with van der Waals surface area (Å²) < 4.78 is 19.8. The van der Waals surface area contributed by atoms with Gasteiger partial charge in [0.25, 0.3) is 0 Å². The molecule has 4 heteroatoms. The molecule has 0 aromatic heterocycles. The van der Waals surface area contributed by atoms with Crippen LogP contribution in [0, 0.1) is 5.82 Å². The Balaban J connectivity index is 1.96. The fourth-order valence-electron chi connectivity index (χ4n) is 2.39. The Hall–Kier alpha value is -0.800. The van der Waals surface area contributed by atoms with Crippen LogP contribution in [0.3, 0.4) is 0 Å². The van der Waals surface area contributed by atoms with E-state index in [1.54, 1.807) is 18.2 Å². The number of rotatable bonds is 7. The molecule has 1 aromatic carbocycles. The van der Waals surface area contributed by atoms with Crippen LogP contribution in [-0.4, -0.2) is 18.7 Å². The maximum atomic E-state index is 13.9. The second kappa shape index (κ2) is 6.58. The van der Waals surface area contributed by atoms with Crippen LogP contribution in [-0.2, 0) is 0 Å². The topological polar surface area (TPSA) is 21.3 Å². The molecule has 0 atom stereocenters. The van der Waals surface area contributed by atoms with Crippen LogP contribution in [0.2, 0.25) is 5.02 Å². The van der Waals surface area contributed by atoms with Gasteiger partial charge in [-0.2, -0.15) is 0 Å². The minimum absolute atomic E-state index is 0.121. The van der Waals surface area contributed by atoms with Gasteiger partial charge in [0.2, 0.25) is 0 Å². The van der Waals surface area contributed by atoms with Gasteiger partial charge < -0.3 is 10.1 Å². The first-order valence-corrected chi connectivity index (χ1v) is 7.38. The van der Waals surface area contributed by atoms with Crippen molar-refractivity contribution in [2.75, 3.05) is 13.1 Å². The van der Waals surface area contributed by atoms with Crippen LogP contribution in [0.15, 0.2) is 18.2 Å². The molecule has 0 amide bonds. The first-order chi connectivity index (χ1) is 9.17. The van der Waals surface area contributed by atoms with Crippen molar-refractivity contribution in [3.8, 4) is 5.75 Å². The summed E-state index contributed by atoms with van der Waals surface area (Å²) in [6.45, 7) is 4.07. The zero-order valence-corrected chi connectivity index (χ0v) is 12.1. The second-order valence-electron chi connectivity index (χ2n) is 5.19. The van der Waals surface area contributed by atoms with Gasteiger partial charge in [0.1, 0.15) is 5.60 Å². The van der Waals surface area contributed by atoms with Crippen molar-refractivity contribution >= 4 is 11.6 Å². The average Bonchev–Trinajstić information content (AvgIpc) is 2.36. The maximum absolute atomic E-state index is 13.9. The van der Waals surface area contributed by atoms with E-state index in [0.717, 1.165) is 45.2 Å². The fraction of sp³-hybridized carbons (Fsp3) is 0.600. The highest BCUT2D eigenvalue weighted by Gasteiger charge is 2.39. The number of hydrogen-bond donors (Lipinski definition) is 1.